The molecule has 184 valence electrons. The molecular formula is C28H23N5O4. The molecule has 2 aliphatic rings. The quantitative estimate of drug-likeness (QED) is 0.282. The van der Waals surface area contributed by atoms with E-state index in [4.69, 9.17) is 0 Å². The molecule has 0 radical (unpaired) electrons. The summed E-state index contributed by atoms with van der Waals surface area (Å²) in [5, 5.41) is 3.14. The van der Waals surface area contributed by atoms with Gasteiger partial charge in [-0.25, -0.2) is 0 Å². The number of carbonyl (C=O) groups excluding carboxylic acids is 4. The number of nitrogens with one attached hydrogen (secondary N) is 5. The normalized spacial score (nSPS) is 16.1. The molecule has 0 spiro atoms. The molecular weight excluding hydrogens is 470 g/mol. The monoisotopic (exact) mass is 493 g/mol. The molecule has 2 aromatic rings. The molecule has 9 nitrogen and oxygen atoms in total. The van der Waals surface area contributed by atoms with Crippen molar-refractivity contribution in [2.75, 3.05) is 5.32 Å². The molecule has 4 rings (SSSR count). The molecule has 0 aliphatic heterocycles. The molecule has 2 amide bonds. The Morgan fingerprint density at radius 1 is 0.568 bits per heavy atom. The highest BCUT2D eigenvalue weighted by Gasteiger charge is 2.15. The second-order valence-corrected chi connectivity index (χ2v) is 7.78. The SMILES string of the molecule is O=C1C=CC=C/C1=C/NNC(=O)c1ccccc1Nc1ccccc1C(=O)NN/C=C1\C=CC=CC1=O. The van der Waals surface area contributed by atoms with Gasteiger partial charge in [-0.05, 0) is 48.6 Å². The molecule has 2 aromatic carbocycles. The number of carbonyl (C=O) groups is 4. The molecule has 0 bridgehead atoms. The van der Waals surface area contributed by atoms with Gasteiger partial charge < -0.3 is 16.2 Å². The van der Waals surface area contributed by atoms with Gasteiger partial charge in [0.05, 0.1) is 22.5 Å². The van der Waals surface area contributed by atoms with Crippen LogP contribution in [0.25, 0.3) is 0 Å². The summed E-state index contributed by atoms with van der Waals surface area (Å²) in [5.41, 5.74) is 12.7. The first kappa shape index (κ1) is 24.7. The molecule has 0 aromatic heterocycles. The van der Waals surface area contributed by atoms with Gasteiger partial charge in [0, 0.05) is 23.5 Å². The summed E-state index contributed by atoms with van der Waals surface area (Å²) in [6.07, 6.45) is 15.7. The highest BCUT2D eigenvalue weighted by molar-refractivity contribution is 6.08. The number of allylic oxidation sites excluding steroid dienone is 10. The van der Waals surface area contributed by atoms with Crippen molar-refractivity contribution in [2.45, 2.75) is 0 Å². The van der Waals surface area contributed by atoms with Crippen LogP contribution >= 0.6 is 0 Å². The topological polar surface area (TPSA) is 128 Å². The molecule has 2 aliphatic carbocycles. The Bertz CT molecular complexity index is 1320. The fourth-order valence-electron chi connectivity index (χ4n) is 3.42. The van der Waals surface area contributed by atoms with E-state index in [1.807, 2.05) is 0 Å². The van der Waals surface area contributed by atoms with Gasteiger partial charge in [-0.3, -0.25) is 30.0 Å². The standard InChI is InChI=1S/C28H23N5O4/c34-25-15-7-1-9-19(25)17-29-32-27(36)21-11-3-5-13-23(21)31-24-14-6-4-12-22(24)28(37)33-30-18-20-10-2-8-16-26(20)35/h1-18,29-31H,(H,32,36)(H,33,37)/b19-17-,20-18+. The van der Waals surface area contributed by atoms with Crippen molar-refractivity contribution in [3.05, 3.63) is 132 Å². The number of amides is 2. The largest absolute Gasteiger partial charge is 0.354 e. The van der Waals surface area contributed by atoms with Crippen molar-refractivity contribution in [3.63, 3.8) is 0 Å². The molecule has 5 N–H and O–H groups in total. The first-order chi connectivity index (χ1) is 18.0. The van der Waals surface area contributed by atoms with Gasteiger partial charge in [-0.15, -0.1) is 0 Å². The van der Waals surface area contributed by atoms with Crippen LogP contribution in [0.2, 0.25) is 0 Å². The van der Waals surface area contributed by atoms with E-state index in [1.165, 1.54) is 24.6 Å². The number of ketones is 2. The average molecular weight is 494 g/mol. The first-order valence-electron chi connectivity index (χ1n) is 11.3. The van der Waals surface area contributed by atoms with Crippen LogP contribution in [0.3, 0.4) is 0 Å². The van der Waals surface area contributed by atoms with Crippen molar-refractivity contribution in [1.29, 1.82) is 0 Å². The van der Waals surface area contributed by atoms with Crippen molar-refractivity contribution in [3.8, 4) is 0 Å². The highest BCUT2D eigenvalue weighted by atomic mass is 16.2. The van der Waals surface area contributed by atoms with E-state index in [0.29, 0.717) is 33.6 Å². The predicted octanol–water partition coefficient (Wildman–Crippen LogP) is 3.06. The number of rotatable bonds is 8. The van der Waals surface area contributed by atoms with E-state index < -0.39 is 11.8 Å². The molecule has 0 unspecified atom stereocenters. The third kappa shape index (κ3) is 6.37. The zero-order valence-corrected chi connectivity index (χ0v) is 19.5. The van der Waals surface area contributed by atoms with Crippen LogP contribution in [-0.4, -0.2) is 23.4 Å². The van der Waals surface area contributed by atoms with Gasteiger partial charge >= 0.3 is 0 Å². The number of benzene rings is 2. The van der Waals surface area contributed by atoms with Crippen LogP contribution in [0.4, 0.5) is 11.4 Å². The third-order valence-corrected chi connectivity index (χ3v) is 5.28. The lowest BCUT2D eigenvalue weighted by atomic mass is 10.1. The summed E-state index contributed by atoms with van der Waals surface area (Å²) in [4.78, 5) is 49.3. The lowest BCUT2D eigenvalue weighted by Crippen LogP contribution is -2.35. The van der Waals surface area contributed by atoms with Crippen LogP contribution in [0.1, 0.15) is 20.7 Å². The Morgan fingerprint density at radius 3 is 1.41 bits per heavy atom. The summed E-state index contributed by atoms with van der Waals surface area (Å²) >= 11 is 0. The average Bonchev–Trinajstić information content (AvgIpc) is 2.91. The Morgan fingerprint density at radius 2 is 0.973 bits per heavy atom. The van der Waals surface area contributed by atoms with Crippen LogP contribution in [0.15, 0.2) is 121 Å². The van der Waals surface area contributed by atoms with Gasteiger partial charge in [0.25, 0.3) is 11.8 Å². The highest BCUT2D eigenvalue weighted by Crippen LogP contribution is 2.24. The van der Waals surface area contributed by atoms with E-state index in [2.05, 4.69) is 27.0 Å². The van der Waals surface area contributed by atoms with Gasteiger partial charge in [0.2, 0.25) is 0 Å². The fraction of sp³-hybridized carbons (Fsp3) is 0. The second kappa shape index (κ2) is 11.8. The summed E-state index contributed by atoms with van der Waals surface area (Å²) in [7, 11) is 0. The molecule has 37 heavy (non-hydrogen) atoms. The van der Waals surface area contributed by atoms with E-state index in [0.717, 1.165) is 0 Å². The van der Waals surface area contributed by atoms with E-state index in [1.54, 1.807) is 85.0 Å². The Labute approximate surface area is 213 Å². The summed E-state index contributed by atoms with van der Waals surface area (Å²) in [6, 6.07) is 13.6. The van der Waals surface area contributed by atoms with E-state index in [9.17, 15) is 19.2 Å². The Balaban J connectivity index is 1.43. The van der Waals surface area contributed by atoms with E-state index >= 15 is 0 Å². The zero-order valence-electron chi connectivity index (χ0n) is 19.5. The van der Waals surface area contributed by atoms with Crippen molar-refractivity contribution >= 4 is 34.8 Å². The van der Waals surface area contributed by atoms with Crippen LogP contribution < -0.4 is 27.0 Å². The maximum atomic E-state index is 12.8. The molecule has 9 heteroatoms. The van der Waals surface area contributed by atoms with Gasteiger partial charge in [-0.1, -0.05) is 48.6 Å². The number of hydrogen-bond acceptors (Lipinski definition) is 7. The number of anilines is 2. The molecule has 0 heterocycles. The summed E-state index contributed by atoms with van der Waals surface area (Å²) in [5.74, 6) is -1.24. The first-order valence-corrected chi connectivity index (χ1v) is 11.3. The zero-order chi connectivity index (χ0) is 26.0. The second-order valence-electron chi connectivity index (χ2n) is 7.78. The number of hydrogen-bond donors (Lipinski definition) is 5. The minimum absolute atomic E-state index is 0.175. The molecule has 0 saturated heterocycles. The minimum atomic E-state index is -0.447. The van der Waals surface area contributed by atoms with Crippen molar-refractivity contribution in [2.24, 2.45) is 0 Å². The maximum Gasteiger partial charge on any atom is 0.271 e. The van der Waals surface area contributed by atoms with Crippen LogP contribution in [-0.2, 0) is 9.59 Å². The van der Waals surface area contributed by atoms with Crippen LogP contribution in [0.5, 0.6) is 0 Å². The van der Waals surface area contributed by atoms with Crippen molar-refractivity contribution in [1.82, 2.24) is 21.7 Å². The van der Waals surface area contributed by atoms with E-state index in [-0.39, 0.29) is 11.6 Å². The lowest BCUT2D eigenvalue weighted by Gasteiger charge is -2.15. The van der Waals surface area contributed by atoms with Crippen LogP contribution in [0, 0.1) is 0 Å². The fourth-order valence-corrected chi connectivity index (χ4v) is 3.42. The molecule has 0 atom stereocenters. The van der Waals surface area contributed by atoms with Crippen molar-refractivity contribution < 1.29 is 19.2 Å². The summed E-state index contributed by atoms with van der Waals surface area (Å²) in [6.45, 7) is 0. The minimum Gasteiger partial charge on any atom is -0.354 e. The molecule has 0 fully saturated rings. The number of hydrazine groups is 2. The third-order valence-electron chi connectivity index (χ3n) is 5.28. The Hall–Kier alpha value is -5.44. The summed E-state index contributed by atoms with van der Waals surface area (Å²) < 4.78 is 0. The Kier molecular flexibility index (Phi) is 7.87. The number of para-hydroxylation sites is 2. The maximum absolute atomic E-state index is 12.8. The molecule has 0 saturated carbocycles. The lowest BCUT2D eigenvalue weighted by molar-refractivity contribution is -0.111. The van der Waals surface area contributed by atoms with Gasteiger partial charge in [0.15, 0.2) is 11.6 Å². The van der Waals surface area contributed by atoms with Gasteiger partial charge in [-0.2, -0.15) is 0 Å². The van der Waals surface area contributed by atoms with Gasteiger partial charge in [0.1, 0.15) is 0 Å². The smallest absolute Gasteiger partial charge is 0.271 e. The predicted molar refractivity (Wildman–Crippen MR) is 140 cm³/mol.